The molecule has 26 heavy (non-hydrogen) atoms. The molecule has 6 nitrogen and oxygen atoms in total. The van der Waals surface area contributed by atoms with Crippen molar-refractivity contribution in [3.63, 3.8) is 0 Å². The van der Waals surface area contributed by atoms with Gasteiger partial charge in [-0.05, 0) is 57.0 Å². The fourth-order valence-electron chi connectivity index (χ4n) is 2.48. The van der Waals surface area contributed by atoms with Crippen LogP contribution in [0.2, 0.25) is 0 Å². The van der Waals surface area contributed by atoms with E-state index in [-0.39, 0.29) is 5.54 Å². The van der Waals surface area contributed by atoms with Crippen molar-refractivity contribution in [2.24, 2.45) is 0 Å². The lowest BCUT2D eigenvalue weighted by atomic mass is 10.1. The van der Waals surface area contributed by atoms with Crippen molar-refractivity contribution < 1.29 is 0 Å². The molecule has 3 aromatic heterocycles. The van der Waals surface area contributed by atoms with E-state index in [9.17, 15) is 0 Å². The highest BCUT2D eigenvalue weighted by Crippen LogP contribution is 2.22. The van der Waals surface area contributed by atoms with Crippen molar-refractivity contribution in [3.05, 3.63) is 60.7 Å². The third kappa shape index (κ3) is 5.24. The van der Waals surface area contributed by atoms with Crippen molar-refractivity contribution in [3.8, 4) is 11.3 Å². The molecule has 0 spiro atoms. The van der Waals surface area contributed by atoms with Crippen LogP contribution < -0.4 is 10.6 Å². The molecule has 0 saturated carbocycles. The second-order valence-corrected chi connectivity index (χ2v) is 7.11. The molecule has 3 rings (SSSR count). The molecule has 0 saturated heterocycles. The fraction of sp³-hybridized carbons (Fsp3) is 0.300. The van der Waals surface area contributed by atoms with Crippen molar-refractivity contribution >= 4 is 11.8 Å². The Morgan fingerprint density at radius 3 is 2.46 bits per heavy atom. The monoisotopic (exact) mass is 348 g/mol. The summed E-state index contributed by atoms with van der Waals surface area (Å²) in [5.74, 6) is 1.39. The maximum absolute atomic E-state index is 4.64. The third-order valence-corrected chi connectivity index (χ3v) is 3.64. The first-order chi connectivity index (χ1) is 12.5. The number of anilines is 2. The molecule has 0 aliphatic rings. The van der Waals surface area contributed by atoms with Gasteiger partial charge in [0.25, 0.3) is 0 Å². The van der Waals surface area contributed by atoms with Gasteiger partial charge in [0.1, 0.15) is 5.82 Å². The van der Waals surface area contributed by atoms with Gasteiger partial charge in [0.2, 0.25) is 5.95 Å². The van der Waals surface area contributed by atoms with Crippen LogP contribution in [0.3, 0.4) is 0 Å². The molecule has 0 aliphatic heterocycles. The zero-order chi connectivity index (χ0) is 18.4. The van der Waals surface area contributed by atoms with E-state index in [0.29, 0.717) is 5.95 Å². The highest BCUT2D eigenvalue weighted by Gasteiger charge is 2.13. The molecule has 0 aliphatic carbocycles. The Morgan fingerprint density at radius 1 is 0.962 bits per heavy atom. The lowest BCUT2D eigenvalue weighted by molar-refractivity contribution is 0.626. The molecule has 3 heterocycles. The molecular weight excluding hydrogens is 324 g/mol. The predicted molar refractivity (Wildman–Crippen MR) is 105 cm³/mol. The van der Waals surface area contributed by atoms with Crippen LogP contribution in [0.5, 0.6) is 0 Å². The van der Waals surface area contributed by atoms with E-state index >= 15 is 0 Å². The zero-order valence-corrected chi connectivity index (χ0v) is 15.4. The van der Waals surface area contributed by atoms with Crippen molar-refractivity contribution in [2.75, 3.05) is 17.2 Å². The summed E-state index contributed by atoms with van der Waals surface area (Å²) in [5, 5.41) is 6.75. The van der Waals surface area contributed by atoms with E-state index in [4.69, 9.17) is 0 Å². The maximum atomic E-state index is 4.64. The number of pyridine rings is 2. The average Bonchev–Trinajstić information content (AvgIpc) is 2.62. The van der Waals surface area contributed by atoms with Gasteiger partial charge in [-0.3, -0.25) is 9.97 Å². The molecule has 134 valence electrons. The van der Waals surface area contributed by atoms with E-state index in [1.54, 1.807) is 6.20 Å². The zero-order valence-electron chi connectivity index (χ0n) is 15.4. The minimum Gasteiger partial charge on any atom is -0.370 e. The maximum Gasteiger partial charge on any atom is 0.225 e. The summed E-state index contributed by atoms with van der Waals surface area (Å²) in [4.78, 5) is 17.5. The Morgan fingerprint density at radius 2 is 1.77 bits per heavy atom. The van der Waals surface area contributed by atoms with Gasteiger partial charge in [-0.15, -0.1) is 0 Å². The summed E-state index contributed by atoms with van der Waals surface area (Å²) in [5.41, 5.74) is 2.92. The third-order valence-electron chi connectivity index (χ3n) is 3.64. The predicted octanol–water partition coefficient (Wildman–Crippen LogP) is 3.80. The first-order valence-corrected chi connectivity index (χ1v) is 8.70. The topological polar surface area (TPSA) is 75.6 Å². The molecule has 0 unspecified atom stereocenters. The molecule has 2 N–H and O–H groups in total. The molecule has 0 radical (unpaired) electrons. The van der Waals surface area contributed by atoms with Gasteiger partial charge in [-0.1, -0.05) is 0 Å². The lowest BCUT2D eigenvalue weighted by Crippen LogP contribution is -2.27. The summed E-state index contributed by atoms with van der Waals surface area (Å²) in [7, 11) is 0. The normalized spacial score (nSPS) is 11.2. The van der Waals surface area contributed by atoms with E-state index in [1.165, 1.54) is 5.56 Å². The van der Waals surface area contributed by atoms with Gasteiger partial charge in [0, 0.05) is 48.5 Å². The van der Waals surface area contributed by atoms with Crippen LogP contribution in [0.1, 0.15) is 26.3 Å². The van der Waals surface area contributed by atoms with E-state index in [1.807, 2.05) is 48.9 Å². The molecule has 0 aromatic carbocycles. The standard InChI is InChI=1S/C20H24N6/c1-20(2,3)26-19-24-17(16-5-4-9-22-14-16)13-18(25-19)23-12-8-15-6-10-21-11-7-15/h4-7,9-11,13-14H,8,12H2,1-3H3,(H2,23,24,25,26). The minimum absolute atomic E-state index is 0.123. The fourth-order valence-corrected chi connectivity index (χ4v) is 2.48. The van der Waals surface area contributed by atoms with Crippen molar-refractivity contribution in [1.29, 1.82) is 0 Å². The van der Waals surface area contributed by atoms with E-state index in [2.05, 4.69) is 51.3 Å². The van der Waals surface area contributed by atoms with Gasteiger partial charge in [0.05, 0.1) is 5.69 Å². The summed E-state index contributed by atoms with van der Waals surface area (Å²) in [6.45, 7) is 7.04. The van der Waals surface area contributed by atoms with Crippen LogP contribution >= 0.6 is 0 Å². The summed E-state index contributed by atoms with van der Waals surface area (Å²) >= 11 is 0. The number of aromatic nitrogens is 4. The summed E-state index contributed by atoms with van der Waals surface area (Å²) < 4.78 is 0. The van der Waals surface area contributed by atoms with Crippen LogP contribution in [0.15, 0.2) is 55.1 Å². The summed E-state index contributed by atoms with van der Waals surface area (Å²) in [6, 6.07) is 9.91. The minimum atomic E-state index is -0.123. The van der Waals surface area contributed by atoms with Gasteiger partial charge in [-0.2, -0.15) is 4.98 Å². The Balaban J connectivity index is 1.80. The lowest BCUT2D eigenvalue weighted by Gasteiger charge is -2.21. The van der Waals surface area contributed by atoms with Crippen LogP contribution in [0.25, 0.3) is 11.3 Å². The van der Waals surface area contributed by atoms with E-state index < -0.39 is 0 Å². The second-order valence-electron chi connectivity index (χ2n) is 7.11. The van der Waals surface area contributed by atoms with E-state index in [0.717, 1.165) is 30.0 Å². The summed E-state index contributed by atoms with van der Waals surface area (Å²) in [6.07, 6.45) is 8.09. The first kappa shape index (κ1) is 17.8. The van der Waals surface area contributed by atoms with Crippen molar-refractivity contribution in [2.45, 2.75) is 32.7 Å². The first-order valence-electron chi connectivity index (χ1n) is 8.70. The SMILES string of the molecule is CC(C)(C)Nc1nc(NCCc2ccncc2)cc(-c2cccnc2)n1. The number of rotatable bonds is 6. The van der Waals surface area contributed by atoms with Gasteiger partial charge in [-0.25, -0.2) is 4.98 Å². The van der Waals surface area contributed by atoms with Crippen LogP contribution in [0.4, 0.5) is 11.8 Å². The quantitative estimate of drug-likeness (QED) is 0.706. The Kier molecular flexibility index (Phi) is 5.41. The number of hydrogen-bond donors (Lipinski definition) is 2. The highest BCUT2D eigenvalue weighted by molar-refractivity contribution is 5.63. The molecule has 0 bridgehead atoms. The van der Waals surface area contributed by atoms with Crippen LogP contribution in [-0.2, 0) is 6.42 Å². The van der Waals surface area contributed by atoms with Crippen LogP contribution in [-0.4, -0.2) is 32.0 Å². The van der Waals surface area contributed by atoms with Crippen LogP contribution in [0, 0.1) is 0 Å². The molecule has 0 amide bonds. The number of nitrogens with zero attached hydrogens (tertiary/aromatic N) is 4. The Hall–Kier alpha value is -3.02. The number of nitrogens with one attached hydrogen (secondary N) is 2. The largest absolute Gasteiger partial charge is 0.370 e. The average molecular weight is 348 g/mol. The van der Waals surface area contributed by atoms with Gasteiger partial charge < -0.3 is 10.6 Å². The Labute approximate surface area is 154 Å². The smallest absolute Gasteiger partial charge is 0.225 e. The highest BCUT2D eigenvalue weighted by atomic mass is 15.2. The van der Waals surface area contributed by atoms with Gasteiger partial charge >= 0.3 is 0 Å². The molecule has 0 atom stereocenters. The molecule has 6 heteroatoms. The van der Waals surface area contributed by atoms with Gasteiger partial charge in [0.15, 0.2) is 0 Å². The molecular formula is C20H24N6. The molecule has 0 fully saturated rings. The number of hydrogen-bond acceptors (Lipinski definition) is 6. The second kappa shape index (κ2) is 7.91. The van der Waals surface area contributed by atoms with Crippen molar-refractivity contribution in [1.82, 2.24) is 19.9 Å². The Bertz CT molecular complexity index is 828. The molecule has 3 aromatic rings.